The summed E-state index contributed by atoms with van der Waals surface area (Å²) in [6.45, 7) is 0. The Morgan fingerprint density at radius 1 is 0.737 bits per heavy atom. The maximum Gasteiger partial charge on any atom is 0.208 e. The highest BCUT2D eigenvalue weighted by molar-refractivity contribution is 7.91. The van der Waals surface area contributed by atoms with Crippen LogP contribution in [0.1, 0.15) is 0 Å². The molecule has 0 saturated carbocycles. The van der Waals surface area contributed by atoms with E-state index in [1.165, 1.54) is 36.4 Å². The summed E-state index contributed by atoms with van der Waals surface area (Å²) in [6.07, 6.45) is 0. The highest BCUT2D eigenvalue weighted by Crippen LogP contribution is 2.37. The van der Waals surface area contributed by atoms with Crippen molar-refractivity contribution >= 4 is 56.2 Å². The molecule has 0 amide bonds. The number of rotatable bonds is 2. The van der Waals surface area contributed by atoms with Gasteiger partial charge in [0.1, 0.15) is 0 Å². The molecule has 0 aliphatic heterocycles. The van der Waals surface area contributed by atoms with E-state index in [2.05, 4.69) is 0 Å². The van der Waals surface area contributed by atoms with Crippen molar-refractivity contribution in [3.63, 3.8) is 0 Å². The third kappa shape index (κ3) is 2.86. The molecule has 2 rings (SSSR count). The van der Waals surface area contributed by atoms with Gasteiger partial charge in [-0.05, 0) is 36.4 Å². The van der Waals surface area contributed by atoms with Crippen molar-refractivity contribution < 1.29 is 8.42 Å². The van der Waals surface area contributed by atoms with E-state index in [0.29, 0.717) is 5.02 Å². The molecular formula is C12H6Cl4O2S. The van der Waals surface area contributed by atoms with Gasteiger partial charge in [0.2, 0.25) is 9.84 Å². The van der Waals surface area contributed by atoms with E-state index in [4.69, 9.17) is 46.4 Å². The predicted molar refractivity (Wildman–Crippen MR) is 78.4 cm³/mol. The number of sulfone groups is 1. The normalized spacial score (nSPS) is 11.6. The van der Waals surface area contributed by atoms with Crippen LogP contribution in [0.25, 0.3) is 0 Å². The second-order valence-corrected chi connectivity index (χ2v) is 7.15. The summed E-state index contributed by atoms with van der Waals surface area (Å²) in [7, 11) is -3.76. The topological polar surface area (TPSA) is 34.1 Å². The van der Waals surface area contributed by atoms with Gasteiger partial charge in [-0.25, -0.2) is 8.42 Å². The molecule has 0 heterocycles. The molecular weight excluding hydrogens is 350 g/mol. The largest absolute Gasteiger partial charge is 0.218 e. The summed E-state index contributed by atoms with van der Waals surface area (Å²) in [5.74, 6) is 0. The lowest BCUT2D eigenvalue weighted by molar-refractivity contribution is 0.596. The lowest BCUT2D eigenvalue weighted by Gasteiger charge is -2.08. The number of benzene rings is 2. The van der Waals surface area contributed by atoms with Crippen molar-refractivity contribution in [3.05, 3.63) is 56.5 Å². The van der Waals surface area contributed by atoms with E-state index in [-0.39, 0.29) is 24.9 Å². The molecule has 0 radical (unpaired) electrons. The molecule has 2 nitrogen and oxygen atoms in total. The Kier molecular flexibility index (Phi) is 4.33. The molecule has 0 aromatic heterocycles. The van der Waals surface area contributed by atoms with E-state index < -0.39 is 9.84 Å². The van der Waals surface area contributed by atoms with E-state index in [1.54, 1.807) is 0 Å². The van der Waals surface area contributed by atoms with Gasteiger partial charge >= 0.3 is 0 Å². The summed E-state index contributed by atoms with van der Waals surface area (Å²) in [5.41, 5.74) is 0. The van der Waals surface area contributed by atoms with Crippen molar-refractivity contribution in [3.8, 4) is 0 Å². The minimum absolute atomic E-state index is 0.0124. The Bertz CT molecular complexity index is 724. The van der Waals surface area contributed by atoms with Crippen molar-refractivity contribution in [1.82, 2.24) is 0 Å². The molecule has 19 heavy (non-hydrogen) atoms. The summed E-state index contributed by atoms with van der Waals surface area (Å²) < 4.78 is 24.8. The lowest BCUT2D eigenvalue weighted by atomic mass is 10.3. The van der Waals surface area contributed by atoms with Crippen molar-refractivity contribution in [2.24, 2.45) is 0 Å². The van der Waals surface area contributed by atoms with E-state index >= 15 is 0 Å². The highest BCUT2D eigenvalue weighted by atomic mass is 35.5. The molecule has 0 fully saturated rings. The molecule has 0 atom stereocenters. The smallest absolute Gasteiger partial charge is 0.208 e. The van der Waals surface area contributed by atoms with Crippen LogP contribution in [0.2, 0.25) is 20.1 Å². The number of hydrogen-bond donors (Lipinski definition) is 0. The molecule has 0 bridgehead atoms. The fourth-order valence-electron chi connectivity index (χ4n) is 1.46. The Labute approximate surface area is 130 Å². The van der Waals surface area contributed by atoms with E-state index in [0.717, 1.165) is 0 Å². The van der Waals surface area contributed by atoms with Crippen LogP contribution in [0, 0.1) is 0 Å². The fraction of sp³-hybridized carbons (Fsp3) is 0. The van der Waals surface area contributed by atoms with Crippen LogP contribution in [0.3, 0.4) is 0 Å². The second kappa shape index (κ2) is 5.51. The molecule has 0 unspecified atom stereocenters. The van der Waals surface area contributed by atoms with Gasteiger partial charge in [0, 0.05) is 5.02 Å². The standard InChI is InChI=1S/C12H6Cl4O2S/c13-7-1-3-8(4-2-7)19(17,18)10-6-5-9(14)11(15)12(10)16/h1-6H. The van der Waals surface area contributed by atoms with Crippen LogP contribution in [0.15, 0.2) is 46.2 Å². The molecule has 0 N–H and O–H groups in total. The van der Waals surface area contributed by atoms with Crippen LogP contribution in [-0.4, -0.2) is 8.42 Å². The van der Waals surface area contributed by atoms with Crippen LogP contribution >= 0.6 is 46.4 Å². The SMILES string of the molecule is O=S(=O)(c1ccc(Cl)cc1)c1ccc(Cl)c(Cl)c1Cl. The first-order valence-corrected chi connectivity index (χ1v) is 7.97. The molecule has 7 heteroatoms. The lowest BCUT2D eigenvalue weighted by Crippen LogP contribution is -2.03. The van der Waals surface area contributed by atoms with Gasteiger partial charge in [-0.15, -0.1) is 0 Å². The van der Waals surface area contributed by atoms with Gasteiger partial charge < -0.3 is 0 Å². The summed E-state index contributed by atoms with van der Waals surface area (Å²) >= 11 is 23.3. The van der Waals surface area contributed by atoms with Gasteiger partial charge in [0.15, 0.2) is 0 Å². The van der Waals surface area contributed by atoms with Crippen molar-refractivity contribution in [2.75, 3.05) is 0 Å². The van der Waals surface area contributed by atoms with Gasteiger partial charge in [0.05, 0.1) is 24.9 Å². The van der Waals surface area contributed by atoms with Gasteiger partial charge in [-0.1, -0.05) is 46.4 Å². The first kappa shape index (κ1) is 14.9. The second-order valence-electron chi connectivity index (χ2n) is 3.63. The number of hydrogen-bond acceptors (Lipinski definition) is 2. The van der Waals surface area contributed by atoms with Crippen LogP contribution in [0.5, 0.6) is 0 Å². The van der Waals surface area contributed by atoms with E-state index in [1.807, 2.05) is 0 Å². The molecule has 0 saturated heterocycles. The molecule has 0 aliphatic rings. The number of halogens is 4. The Morgan fingerprint density at radius 2 is 1.32 bits per heavy atom. The first-order chi connectivity index (χ1) is 8.84. The van der Waals surface area contributed by atoms with Gasteiger partial charge in [-0.3, -0.25) is 0 Å². The Hall–Kier alpha value is -0.450. The zero-order chi connectivity index (χ0) is 14.2. The average Bonchev–Trinajstić information content (AvgIpc) is 2.36. The predicted octanol–water partition coefficient (Wildman–Crippen LogP) is 5.13. The minimum atomic E-state index is -3.76. The van der Waals surface area contributed by atoms with Gasteiger partial charge in [-0.2, -0.15) is 0 Å². The molecule has 100 valence electrons. The maximum atomic E-state index is 12.4. The Morgan fingerprint density at radius 3 is 1.89 bits per heavy atom. The van der Waals surface area contributed by atoms with Crippen molar-refractivity contribution in [2.45, 2.75) is 9.79 Å². The fourth-order valence-corrected chi connectivity index (χ4v) is 3.81. The third-order valence-corrected chi connectivity index (χ3v) is 5.88. The third-order valence-electron chi connectivity index (χ3n) is 2.41. The molecule has 2 aromatic carbocycles. The maximum absolute atomic E-state index is 12.4. The summed E-state index contributed by atoms with van der Waals surface area (Å²) in [5, 5.41) is 0.559. The molecule has 2 aromatic rings. The summed E-state index contributed by atoms with van der Waals surface area (Å²) in [6, 6.07) is 8.48. The van der Waals surface area contributed by atoms with Crippen LogP contribution in [-0.2, 0) is 9.84 Å². The zero-order valence-electron chi connectivity index (χ0n) is 9.20. The highest BCUT2D eigenvalue weighted by Gasteiger charge is 2.23. The van der Waals surface area contributed by atoms with E-state index in [9.17, 15) is 8.42 Å². The monoisotopic (exact) mass is 354 g/mol. The zero-order valence-corrected chi connectivity index (χ0v) is 13.0. The van der Waals surface area contributed by atoms with Crippen LogP contribution < -0.4 is 0 Å². The average molecular weight is 356 g/mol. The van der Waals surface area contributed by atoms with Gasteiger partial charge in [0.25, 0.3) is 0 Å². The molecule has 0 spiro atoms. The van der Waals surface area contributed by atoms with Crippen LogP contribution in [0.4, 0.5) is 0 Å². The van der Waals surface area contributed by atoms with Crippen molar-refractivity contribution in [1.29, 1.82) is 0 Å². The summed E-state index contributed by atoms with van der Waals surface area (Å²) in [4.78, 5) is -0.0110. The Balaban J connectivity index is 2.64. The quantitative estimate of drug-likeness (QED) is 0.699. The molecule has 0 aliphatic carbocycles. The first-order valence-electron chi connectivity index (χ1n) is 4.98. The minimum Gasteiger partial charge on any atom is -0.218 e.